The van der Waals surface area contributed by atoms with Crippen LogP contribution in [0.25, 0.3) is 11.0 Å². The molecule has 0 fully saturated rings. The molecule has 3 N–H and O–H groups in total. The van der Waals surface area contributed by atoms with E-state index in [2.05, 4.69) is 46.9 Å². The molecule has 2 aromatic rings. The minimum atomic E-state index is -0.102. The van der Waals surface area contributed by atoms with Gasteiger partial charge in [0.15, 0.2) is 0 Å². The Kier molecular flexibility index (Phi) is 3.92. The van der Waals surface area contributed by atoms with Crippen molar-refractivity contribution < 1.29 is 0 Å². The summed E-state index contributed by atoms with van der Waals surface area (Å²) in [5, 5.41) is 3.43. The van der Waals surface area contributed by atoms with Crippen LogP contribution in [0.3, 0.4) is 0 Å². The van der Waals surface area contributed by atoms with Gasteiger partial charge in [-0.1, -0.05) is 6.07 Å². The van der Waals surface area contributed by atoms with Crippen molar-refractivity contribution in [3.8, 4) is 0 Å². The van der Waals surface area contributed by atoms with Crippen LogP contribution in [0, 0.1) is 6.92 Å². The first-order chi connectivity index (χ1) is 8.87. The fraction of sp³-hybridized carbons (Fsp3) is 0.533. The van der Waals surface area contributed by atoms with E-state index in [0.717, 1.165) is 30.9 Å². The van der Waals surface area contributed by atoms with Crippen LogP contribution in [0.15, 0.2) is 18.2 Å². The van der Waals surface area contributed by atoms with Crippen LogP contribution in [0.2, 0.25) is 0 Å². The zero-order valence-corrected chi connectivity index (χ0v) is 12.3. The number of fused-ring (bicyclic) bond motifs is 1. The van der Waals surface area contributed by atoms with Crippen molar-refractivity contribution in [3.63, 3.8) is 0 Å². The first-order valence-corrected chi connectivity index (χ1v) is 6.78. The van der Waals surface area contributed by atoms with E-state index >= 15 is 0 Å². The Morgan fingerprint density at radius 3 is 2.79 bits per heavy atom. The Labute approximate surface area is 115 Å². The number of hydrogen-bond acceptors (Lipinski definition) is 3. The van der Waals surface area contributed by atoms with Gasteiger partial charge in [0.25, 0.3) is 0 Å². The maximum Gasteiger partial charge on any atom is 0.106 e. The van der Waals surface area contributed by atoms with Gasteiger partial charge in [-0.15, -0.1) is 0 Å². The molecule has 0 saturated carbocycles. The third-order valence-electron chi connectivity index (χ3n) is 3.44. The van der Waals surface area contributed by atoms with E-state index in [9.17, 15) is 0 Å². The standard InChI is InChI=1S/C15H24N4/c1-11-18-13-9-12(5-6-14(13)19(11)4)10-17-8-7-15(2,3)16/h5-6,9,17H,7-8,10,16H2,1-4H3. The summed E-state index contributed by atoms with van der Waals surface area (Å²) >= 11 is 0. The number of imidazole rings is 1. The lowest BCUT2D eigenvalue weighted by Crippen LogP contribution is -2.35. The lowest BCUT2D eigenvalue weighted by atomic mass is 10.0. The van der Waals surface area contributed by atoms with Crippen LogP contribution in [0.1, 0.15) is 31.7 Å². The SMILES string of the molecule is Cc1nc2cc(CNCCC(C)(C)N)ccc2n1C. The van der Waals surface area contributed by atoms with Crippen LogP contribution in [-0.4, -0.2) is 21.6 Å². The predicted molar refractivity (Wildman–Crippen MR) is 80.0 cm³/mol. The van der Waals surface area contributed by atoms with Crippen LogP contribution < -0.4 is 11.1 Å². The molecule has 0 bridgehead atoms. The molecule has 0 aliphatic carbocycles. The molecule has 4 heteroatoms. The molecule has 0 atom stereocenters. The Morgan fingerprint density at radius 2 is 2.11 bits per heavy atom. The van der Waals surface area contributed by atoms with E-state index in [1.165, 1.54) is 11.1 Å². The summed E-state index contributed by atoms with van der Waals surface area (Å²) in [6.07, 6.45) is 0.970. The highest BCUT2D eigenvalue weighted by molar-refractivity contribution is 5.76. The number of nitrogens with one attached hydrogen (secondary N) is 1. The summed E-state index contributed by atoms with van der Waals surface area (Å²) in [5.74, 6) is 1.05. The molecule has 4 nitrogen and oxygen atoms in total. The molecular formula is C15H24N4. The smallest absolute Gasteiger partial charge is 0.106 e. The topological polar surface area (TPSA) is 55.9 Å². The van der Waals surface area contributed by atoms with Crippen molar-refractivity contribution in [1.29, 1.82) is 0 Å². The molecule has 104 valence electrons. The van der Waals surface area contributed by atoms with E-state index in [1.807, 2.05) is 14.0 Å². The summed E-state index contributed by atoms with van der Waals surface area (Å²) in [6.45, 7) is 7.93. The molecule has 0 amide bonds. The largest absolute Gasteiger partial charge is 0.331 e. The average molecular weight is 260 g/mol. The number of aromatic nitrogens is 2. The predicted octanol–water partition coefficient (Wildman–Crippen LogP) is 2.10. The van der Waals surface area contributed by atoms with Gasteiger partial charge < -0.3 is 15.6 Å². The highest BCUT2D eigenvalue weighted by Crippen LogP contribution is 2.16. The van der Waals surface area contributed by atoms with Gasteiger partial charge in [-0.2, -0.15) is 0 Å². The van der Waals surface area contributed by atoms with Crippen molar-refractivity contribution in [2.24, 2.45) is 12.8 Å². The van der Waals surface area contributed by atoms with Crippen molar-refractivity contribution in [2.75, 3.05) is 6.54 Å². The molecule has 0 aliphatic heterocycles. The summed E-state index contributed by atoms with van der Waals surface area (Å²) < 4.78 is 2.11. The lowest BCUT2D eigenvalue weighted by Gasteiger charge is -2.18. The molecule has 0 spiro atoms. The van der Waals surface area contributed by atoms with E-state index in [1.54, 1.807) is 0 Å². The highest BCUT2D eigenvalue weighted by Gasteiger charge is 2.09. The van der Waals surface area contributed by atoms with E-state index in [4.69, 9.17) is 5.73 Å². The summed E-state index contributed by atoms with van der Waals surface area (Å²) in [4.78, 5) is 4.56. The maximum absolute atomic E-state index is 5.96. The molecular weight excluding hydrogens is 236 g/mol. The summed E-state index contributed by atoms with van der Waals surface area (Å²) in [5.41, 5.74) is 9.37. The van der Waals surface area contributed by atoms with Gasteiger partial charge in [0, 0.05) is 19.1 Å². The molecule has 19 heavy (non-hydrogen) atoms. The summed E-state index contributed by atoms with van der Waals surface area (Å²) in [6, 6.07) is 6.45. The Balaban J connectivity index is 1.98. The average Bonchev–Trinajstić information content (AvgIpc) is 2.59. The second kappa shape index (κ2) is 5.31. The van der Waals surface area contributed by atoms with Crippen molar-refractivity contribution in [1.82, 2.24) is 14.9 Å². The monoisotopic (exact) mass is 260 g/mol. The zero-order chi connectivity index (χ0) is 14.0. The first kappa shape index (κ1) is 14.0. The number of rotatable bonds is 5. The number of hydrogen-bond donors (Lipinski definition) is 2. The maximum atomic E-state index is 5.96. The number of nitrogens with two attached hydrogens (primary N) is 1. The highest BCUT2D eigenvalue weighted by atomic mass is 15.0. The second-order valence-electron chi connectivity index (χ2n) is 5.96. The van der Waals surface area contributed by atoms with Crippen LogP contribution >= 0.6 is 0 Å². The molecule has 2 rings (SSSR count). The van der Waals surface area contributed by atoms with E-state index in [0.29, 0.717) is 0 Å². The number of benzene rings is 1. The normalized spacial score (nSPS) is 12.3. The molecule has 0 aliphatic rings. The van der Waals surface area contributed by atoms with Crippen LogP contribution in [-0.2, 0) is 13.6 Å². The van der Waals surface area contributed by atoms with Gasteiger partial charge in [-0.25, -0.2) is 4.98 Å². The van der Waals surface area contributed by atoms with Gasteiger partial charge in [-0.05, 0) is 51.4 Å². The zero-order valence-electron chi connectivity index (χ0n) is 12.3. The third-order valence-corrected chi connectivity index (χ3v) is 3.44. The molecule has 0 radical (unpaired) electrons. The van der Waals surface area contributed by atoms with Gasteiger partial charge in [0.1, 0.15) is 5.82 Å². The van der Waals surface area contributed by atoms with Crippen LogP contribution in [0.4, 0.5) is 0 Å². The fourth-order valence-electron chi connectivity index (χ4n) is 2.12. The van der Waals surface area contributed by atoms with Gasteiger partial charge >= 0.3 is 0 Å². The van der Waals surface area contributed by atoms with Gasteiger partial charge in [-0.3, -0.25) is 0 Å². The third kappa shape index (κ3) is 3.55. The second-order valence-corrected chi connectivity index (χ2v) is 5.96. The van der Waals surface area contributed by atoms with Crippen molar-refractivity contribution in [2.45, 2.75) is 39.3 Å². The van der Waals surface area contributed by atoms with E-state index in [-0.39, 0.29) is 5.54 Å². The lowest BCUT2D eigenvalue weighted by molar-refractivity contribution is 0.455. The van der Waals surface area contributed by atoms with Crippen molar-refractivity contribution in [3.05, 3.63) is 29.6 Å². The Hall–Kier alpha value is -1.39. The number of nitrogens with zero attached hydrogens (tertiary/aromatic N) is 2. The molecule has 0 unspecified atom stereocenters. The molecule has 1 aromatic carbocycles. The molecule has 1 heterocycles. The van der Waals surface area contributed by atoms with E-state index < -0.39 is 0 Å². The minimum Gasteiger partial charge on any atom is -0.331 e. The van der Waals surface area contributed by atoms with Gasteiger partial charge in [0.05, 0.1) is 11.0 Å². The minimum absolute atomic E-state index is 0.102. The Bertz CT molecular complexity index is 563. The first-order valence-electron chi connectivity index (χ1n) is 6.78. The van der Waals surface area contributed by atoms with Gasteiger partial charge in [0.2, 0.25) is 0 Å². The van der Waals surface area contributed by atoms with Crippen molar-refractivity contribution >= 4 is 11.0 Å². The fourth-order valence-corrected chi connectivity index (χ4v) is 2.12. The number of aryl methyl sites for hydroxylation is 2. The molecule has 1 aromatic heterocycles. The Morgan fingerprint density at radius 1 is 1.37 bits per heavy atom. The summed E-state index contributed by atoms with van der Waals surface area (Å²) in [7, 11) is 2.05. The molecule has 0 saturated heterocycles. The quantitative estimate of drug-likeness (QED) is 0.809. The van der Waals surface area contributed by atoms with Crippen LogP contribution in [0.5, 0.6) is 0 Å².